The van der Waals surface area contributed by atoms with E-state index in [0.717, 1.165) is 38.0 Å². The van der Waals surface area contributed by atoms with Gasteiger partial charge in [-0.05, 0) is 30.5 Å². The van der Waals surface area contributed by atoms with Crippen LogP contribution in [0.15, 0.2) is 18.2 Å². The van der Waals surface area contributed by atoms with Gasteiger partial charge in [0.2, 0.25) is 5.91 Å². The Morgan fingerprint density at radius 3 is 2.75 bits per heavy atom. The van der Waals surface area contributed by atoms with Crippen LogP contribution in [-0.2, 0) is 11.3 Å². The number of phenolic OH excluding ortho intramolecular Hbond substituents is 1. The Balaban J connectivity index is 1.83. The molecule has 1 aromatic rings. The van der Waals surface area contributed by atoms with Crippen molar-refractivity contribution in [3.63, 3.8) is 0 Å². The van der Waals surface area contributed by atoms with Crippen LogP contribution in [0, 0.1) is 0 Å². The summed E-state index contributed by atoms with van der Waals surface area (Å²) in [5, 5.41) is 13.0. The lowest BCUT2D eigenvalue weighted by Gasteiger charge is -2.31. The molecule has 0 aliphatic carbocycles. The van der Waals surface area contributed by atoms with Gasteiger partial charge in [-0.25, -0.2) is 0 Å². The smallest absolute Gasteiger partial charge is 0.219 e. The van der Waals surface area contributed by atoms with Crippen molar-refractivity contribution in [1.29, 1.82) is 0 Å². The SMILES string of the molecule is COc1cc(CNC2CCN(C(C)=O)CC2)ccc1O. The summed E-state index contributed by atoms with van der Waals surface area (Å²) >= 11 is 0. The van der Waals surface area contributed by atoms with E-state index in [0.29, 0.717) is 11.8 Å². The van der Waals surface area contributed by atoms with Crippen LogP contribution in [0.3, 0.4) is 0 Å². The molecular weight excluding hydrogens is 256 g/mol. The predicted molar refractivity (Wildman–Crippen MR) is 76.8 cm³/mol. The van der Waals surface area contributed by atoms with Gasteiger partial charge in [-0.3, -0.25) is 4.79 Å². The molecule has 1 amide bonds. The van der Waals surface area contributed by atoms with Gasteiger partial charge < -0.3 is 20.1 Å². The number of benzene rings is 1. The highest BCUT2D eigenvalue weighted by Gasteiger charge is 2.20. The molecule has 20 heavy (non-hydrogen) atoms. The quantitative estimate of drug-likeness (QED) is 0.876. The maximum atomic E-state index is 11.3. The minimum Gasteiger partial charge on any atom is -0.504 e. The number of methoxy groups -OCH3 is 1. The number of likely N-dealkylation sites (tertiary alicyclic amines) is 1. The summed E-state index contributed by atoms with van der Waals surface area (Å²) in [6.45, 7) is 4.01. The third kappa shape index (κ3) is 3.63. The molecule has 1 aliphatic heterocycles. The number of amides is 1. The van der Waals surface area contributed by atoms with Gasteiger partial charge in [0.05, 0.1) is 7.11 Å². The first-order valence-electron chi connectivity index (χ1n) is 6.95. The van der Waals surface area contributed by atoms with Crippen LogP contribution < -0.4 is 10.1 Å². The van der Waals surface area contributed by atoms with E-state index in [2.05, 4.69) is 5.32 Å². The molecule has 110 valence electrons. The van der Waals surface area contributed by atoms with E-state index in [-0.39, 0.29) is 11.7 Å². The van der Waals surface area contributed by atoms with Crippen LogP contribution in [0.25, 0.3) is 0 Å². The van der Waals surface area contributed by atoms with Crippen LogP contribution >= 0.6 is 0 Å². The van der Waals surface area contributed by atoms with Gasteiger partial charge in [0.1, 0.15) is 0 Å². The van der Waals surface area contributed by atoms with Crippen molar-refractivity contribution in [3.8, 4) is 11.5 Å². The molecular formula is C15H22N2O3. The largest absolute Gasteiger partial charge is 0.504 e. The fourth-order valence-electron chi connectivity index (χ4n) is 2.49. The number of ether oxygens (including phenoxy) is 1. The molecule has 1 aliphatic rings. The molecule has 1 saturated heterocycles. The van der Waals surface area contributed by atoms with Gasteiger partial charge in [0.25, 0.3) is 0 Å². The molecule has 5 nitrogen and oxygen atoms in total. The first-order chi connectivity index (χ1) is 9.60. The average Bonchev–Trinajstić information content (AvgIpc) is 2.46. The molecule has 0 unspecified atom stereocenters. The Morgan fingerprint density at radius 1 is 1.45 bits per heavy atom. The molecule has 1 fully saturated rings. The lowest BCUT2D eigenvalue weighted by molar-refractivity contribution is -0.129. The molecule has 0 spiro atoms. The van der Waals surface area contributed by atoms with E-state index in [9.17, 15) is 9.90 Å². The first-order valence-corrected chi connectivity index (χ1v) is 6.95. The van der Waals surface area contributed by atoms with Crippen molar-refractivity contribution in [1.82, 2.24) is 10.2 Å². The van der Waals surface area contributed by atoms with Gasteiger partial charge in [0.15, 0.2) is 11.5 Å². The Bertz CT molecular complexity index is 468. The molecule has 0 atom stereocenters. The lowest BCUT2D eigenvalue weighted by Crippen LogP contribution is -2.43. The van der Waals surface area contributed by atoms with E-state index in [1.165, 1.54) is 0 Å². The van der Waals surface area contributed by atoms with Gasteiger partial charge in [-0.15, -0.1) is 0 Å². The fraction of sp³-hybridized carbons (Fsp3) is 0.533. The molecule has 2 rings (SSSR count). The summed E-state index contributed by atoms with van der Waals surface area (Å²) in [7, 11) is 1.55. The third-order valence-electron chi connectivity index (χ3n) is 3.78. The van der Waals surface area contributed by atoms with Crippen molar-refractivity contribution in [2.75, 3.05) is 20.2 Å². The zero-order chi connectivity index (χ0) is 14.5. The van der Waals surface area contributed by atoms with Crippen molar-refractivity contribution in [3.05, 3.63) is 23.8 Å². The molecule has 1 heterocycles. The number of hydrogen-bond acceptors (Lipinski definition) is 4. The maximum absolute atomic E-state index is 11.3. The van der Waals surface area contributed by atoms with Crippen LogP contribution in [0.2, 0.25) is 0 Å². The highest BCUT2D eigenvalue weighted by atomic mass is 16.5. The van der Waals surface area contributed by atoms with Crippen molar-refractivity contribution >= 4 is 5.91 Å². The van der Waals surface area contributed by atoms with E-state index in [1.807, 2.05) is 17.0 Å². The number of piperidine rings is 1. The summed E-state index contributed by atoms with van der Waals surface area (Å²) in [5.41, 5.74) is 1.08. The van der Waals surface area contributed by atoms with E-state index in [1.54, 1.807) is 20.1 Å². The van der Waals surface area contributed by atoms with Crippen LogP contribution in [0.5, 0.6) is 11.5 Å². The normalized spacial score (nSPS) is 16.2. The number of hydrogen-bond donors (Lipinski definition) is 2. The summed E-state index contributed by atoms with van der Waals surface area (Å²) in [5.74, 6) is 0.813. The minimum atomic E-state index is 0.158. The van der Waals surface area contributed by atoms with Gasteiger partial charge in [-0.1, -0.05) is 6.07 Å². The van der Waals surface area contributed by atoms with Gasteiger partial charge in [-0.2, -0.15) is 0 Å². The monoisotopic (exact) mass is 278 g/mol. The highest BCUT2D eigenvalue weighted by Crippen LogP contribution is 2.26. The second-order valence-electron chi connectivity index (χ2n) is 5.17. The van der Waals surface area contributed by atoms with E-state index >= 15 is 0 Å². The minimum absolute atomic E-state index is 0.158. The molecule has 0 saturated carbocycles. The number of carbonyl (C=O) groups is 1. The fourth-order valence-corrected chi connectivity index (χ4v) is 2.49. The molecule has 0 aromatic heterocycles. The second kappa shape index (κ2) is 6.61. The highest BCUT2D eigenvalue weighted by molar-refractivity contribution is 5.73. The zero-order valence-corrected chi connectivity index (χ0v) is 12.1. The summed E-state index contributed by atoms with van der Waals surface area (Å²) in [4.78, 5) is 13.1. The van der Waals surface area contributed by atoms with Crippen molar-refractivity contribution < 1.29 is 14.6 Å². The van der Waals surface area contributed by atoms with Crippen molar-refractivity contribution in [2.45, 2.75) is 32.4 Å². The van der Waals surface area contributed by atoms with Crippen LogP contribution in [0.4, 0.5) is 0 Å². The van der Waals surface area contributed by atoms with Gasteiger partial charge >= 0.3 is 0 Å². The first kappa shape index (κ1) is 14.7. The van der Waals surface area contributed by atoms with E-state index < -0.39 is 0 Å². The summed E-state index contributed by atoms with van der Waals surface area (Å²) < 4.78 is 5.10. The standard InChI is InChI=1S/C15H22N2O3/c1-11(18)17-7-5-13(6-8-17)16-10-12-3-4-14(19)15(9-12)20-2/h3-4,9,13,16,19H,5-8,10H2,1-2H3. The number of carbonyl (C=O) groups excluding carboxylic acids is 1. The van der Waals surface area contributed by atoms with E-state index in [4.69, 9.17) is 4.74 Å². The Morgan fingerprint density at radius 2 is 2.15 bits per heavy atom. The number of rotatable bonds is 4. The Hall–Kier alpha value is -1.75. The van der Waals surface area contributed by atoms with Gasteiger partial charge in [0, 0.05) is 32.6 Å². The summed E-state index contributed by atoms with van der Waals surface area (Å²) in [6.07, 6.45) is 1.96. The molecule has 1 aromatic carbocycles. The zero-order valence-electron chi connectivity index (χ0n) is 12.1. The average molecular weight is 278 g/mol. The topological polar surface area (TPSA) is 61.8 Å². The third-order valence-corrected chi connectivity index (χ3v) is 3.78. The molecule has 2 N–H and O–H groups in total. The number of phenols is 1. The molecule has 0 bridgehead atoms. The predicted octanol–water partition coefficient (Wildman–Crippen LogP) is 1.50. The number of nitrogens with one attached hydrogen (secondary N) is 1. The molecule has 0 radical (unpaired) electrons. The Kier molecular flexibility index (Phi) is 4.84. The second-order valence-corrected chi connectivity index (χ2v) is 5.17. The lowest BCUT2D eigenvalue weighted by atomic mass is 10.0. The van der Waals surface area contributed by atoms with Crippen molar-refractivity contribution in [2.24, 2.45) is 0 Å². The summed E-state index contributed by atoms with van der Waals surface area (Å²) in [6, 6.07) is 5.81. The maximum Gasteiger partial charge on any atom is 0.219 e. The number of aromatic hydroxyl groups is 1. The molecule has 5 heteroatoms. The van der Waals surface area contributed by atoms with Crippen LogP contribution in [0.1, 0.15) is 25.3 Å². The van der Waals surface area contributed by atoms with Crippen LogP contribution in [-0.4, -0.2) is 42.2 Å². The Labute approximate surface area is 119 Å². The number of nitrogens with zero attached hydrogens (tertiary/aromatic N) is 1.